The lowest BCUT2D eigenvalue weighted by molar-refractivity contribution is 0.652. The summed E-state index contributed by atoms with van der Waals surface area (Å²) in [6, 6.07) is 35.4. The molecule has 2 aliphatic carbocycles. The van der Waals surface area contributed by atoms with Crippen LogP contribution >= 0.6 is 0 Å². The van der Waals surface area contributed by atoms with Crippen LogP contribution in [0.25, 0.3) is 44.6 Å². The van der Waals surface area contributed by atoms with Gasteiger partial charge < -0.3 is 0 Å². The Balaban J connectivity index is 1.59. The molecule has 2 aliphatic rings. The molecule has 1 heteroatoms. The topological polar surface area (TPSA) is 12.9 Å². The van der Waals surface area contributed by atoms with E-state index in [9.17, 15) is 0 Å². The van der Waals surface area contributed by atoms with E-state index in [1.807, 2.05) is 6.20 Å². The summed E-state index contributed by atoms with van der Waals surface area (Å²) in [4.78, 5) is 4.74. The highest BCUT2D eigenvalue weighted by atomic mass is 14.7. The first-order valence-corrected chi connectivity index (χ1v) is 12.8. The van der Waals surface area contributed by atoms with Gasteiger partial charge in [0.05, 0.1) is 5.69 Å². The van der Waals surface area contributed by atoms with E-state index in [4.69, 9.17) is 4.98 Å². The Morgan fingerprint density at radius 2 is 1.11 bits per heavy atom. The SMILES string of the molecule is CC1(C)c2ccccc2-c2c1cc(-c1ccnc(-c3ccccc3)c1)c1c2-c2ccccc2C1(C)C. The number of aromatic nitrogens is 1. The first-order chi connectivity index (χ1) is 17.4. The lowest BCUT2D eigenvalue weighted by Crippen LogP contribution is -2.18. The summed E-state index contributed by atoms with van der Waals surface area (Å²) in [6.07, 6.45) is 1.96. The third-order valence-corrected chi connectivity index (χ3v) is 8.51. The van der Waals surface area contributed by atoms with Crippen LogP contribution in [0.3, 0.4) is 0 Å². The maximum atomic E-state index is 4.74. The van der Waals surface area contributed by atoms with E-state index in [0.717, 1.165) is 11.3 Å². The Morgan fingerprint density at radius 3 is 1.83 bits per heavy atom. The Kier molecular flexibility index (Phi) is 4.31. The van der Waals surface area contributed by atoms with Crippen LogP contribution in [-0.2, 0) is 10.8 Å². The van der Waals surface area contributed by atoms with Crippen LogP contribution in [-0.4, -0.2) is 4.98 Å². The van der Waals surface area contributed by atoms with Crippen molar-refractivity contribution in [2.24, 2.45) is 0 Å². The highest BCUT2D eigenvalue weighted by molar-refractivity contribution is 6.02. The molecule has 4 aromatic carbocycles. The molecule has 1 heterocycles. The van der Waals surface area contributed by atoms with E-state index in [2.05, 4.69) is 125 Å². The molecule has 0 radical (unpaired) electrons. The van der Waals surface area contributed by atoms with Gasteiger partial charge in [-0.3, -0.25) is 4.98 Å². The maximum absolute atomic E-state index is 4.74. The molecule has 174 valence electrons. The second kappa shape index (κ2) is 7.27. The maximum Gasteiger partial charge on any atom is 0.0708 e. The normalized spacial score (nSPS) is 15.7. The standard InChI is InChI=1S/C35H29N/c1-34(2)27-16-10-8-14-24(27)31-29(34)21-26(23-18-19-36-30(20-23)22-12-6-5-7-13-22)33-32(31)25-15-9-11-17-28(25)35(33,3)4/h5-21H,1-4H3. The Bertz CT molecular complexity index is 1670. The summed E-state index contributed by atoms with van der Waals surface area (Å²) < 4.78 is 0. The number of pyridine rings is 1. The van der Waals surface area contributed by atoms with Gasteiger partial charge in [0.25, 0.3) is 0 Å². The Labute approximate surface area is 213 Å². The monoisotopic (exact) mass is 463 g/mol. The quantitative estimate of drug-likeness (QED) is 0.254. The molecule has 0 atom stereocenters. The van der Waals surface area contributed by atoms with Gasteiger partial charge in [-0.1, -0.05) is 107 Å². The highest BCUT2D eigenvalue weighted by Gasteiger charge is 2.45. The van der Waals surface area contributed by atoms with Gasteiger partial charge >= 0.3 is 0 Å². The minimum absolute atomic E-state index is 0.0628. The fraction of sp³-hybridized carbons (Fsp3) is 0.171. The summed E-state index contributed by atoms with van der Waals surface area (Å²) in [7, 11) is 0. The third kappa shape index (κ3) is 2.74. The van der Waals surface area contributed by atoms with Gasteiger partial charge in [0, 0.05) is 22.6 Å². The minimum Gasteiger partial charge on any atom is -0.256 e. The molecule has 1 aromatic heterocycles. The predicted molar refractivity (Wildman–Crippen MR) is 150 cm³/mol. The largest absolute Gasteiger partial charge is 0.256 e. The first-order valence-electron chi connectivity index (χ1n) is 12.8. The molecule has 0 saturated heterocycles. The van der Waals surface area contributed by atoms with Gasteiger partial charge in [0.2, 0.25) is 0 Å². The first kappa shape index (κ1) is 21.3. The van der Waals surface area contributed by atoms with Crippen molar-refractivity contribution in [3.8, 4) is 44.6 Å². The summed E-state index contributed by atoms with van der Waals surface area (Å²) in [5.41, 5.74) is 15.8. The van der Waals surface area contributed by atoms with Crippen molar-refractivity contribution in [1.82, 2.24) is 4.98 Å². The molecular formula is C35H29N. The van der Waals surface area contributed by atoms with Crippen LogP contribution < -0.4 is 0 Å². The van der Waals surface area contributed by atoms with Crippen LogP contribution in [0.15, 0.2) is 103 Å². The van der Waals surface area contributed by atoms with Crippen molar-refractivity contribution in [2.75, 3.05) is 0 Å². The number of benzene rings is 4. The number of fused-ring (bicyclic) bond motifs is 7. The van der Waals surface area contributed by atoms with Gasteiger partial charge in [-0.05, 0) is 73.8 Å². The Hall–Kier alpha value is -3.97. The molecule has 0 N–H and O–H groups in total. The van der Waals surface area contributed by atoms with Crippen molar-refractivity contribution >= 4 is 0 Å². The summed E-state index contributed by atoms with van der Waals surface area (Å²) in [5.74, 6) is 0. The number of hydrogen-bond donors (Lipinski definition) is 0. The molecule has 36 heavy (non-hydrogen) atoms. The van der Waals surface area contributed by atoms with E-state index in [1.54, 1.807) is 0 Å². The fourth-order valence-corrected chi connectivity index (χ4v) is 6.74. The minimum atomic E-state index is -0.103. The van der Waals surface area contributed by atoms with Crippen molar-refractivity contribution < 1.29 is 0 Å². The van der Waals surface area contributed by atoms with E-state index < -0.39 is 0 Å². The average molecular weight is 464 g/mol. The fourth-order valence-electron chi connectivity index (χ4n) is 6.74. The van der Waals surface area contributed by atoms with Crippen LogP contribution in [0.1, 0.15) is 49.9 Å². The van der Waals surface area contributed by atoms with Gasteiger partial charge in [-0.2, -0.15) is 0 Å². The molecule has 0 saturated carbocycles. The number of rotatable bonds is 2. The zero-order valence-corrected chi connectivity index (χ0v) is 21.3. The van der Waals surface area contributed by atoms with Crippen LogP contribution in [0.5, 0.6) is 0 Å². The van der Waals surface area contributed by atoms with E-state index in [0.29, 0.717) is 0 Å². The molecule has 0 spiro atoms. The molecule has 5 aromatic rings. The smallest absolute Gasteiger partial charge is 0.0708 e. The summed E-state index contributed by atoms with van der Waals surface area (Å²) in [6.45, 7) is 9.53. The zero-order chi connectivity index (χ0) is 24.7. The third-order valence-electron chi connectivity index (χ3n) is 8.51. The van der Waals surface area contributed by atoms with Crippen molar-refractivity contribution in [3.63, 3.8) is 0 Å². The molecule has 0 unspecified atom stereocenters. The molecule has 1 nitrogen and oxygen atoms in total. The summed E-state index contributed by atoms with van der Waals surface area (Å²) in [5, 5.41) is 0. The van der Waals surface area contributed by atoms with Crippen molar-refractivity contribution in [2.45, 2.75) is 38.5 Å². The molecule has 0 aliphatic heterocycles. The van der Waals surface area contributed by atoms with E-state index in [1.165, 1.54) is 55.6 Å². The second-order valence-corrected chi connectivity index (χ2v) is 11.2. The van der Waals surface area contributed by atoms with Crippen LogP contribution in [0.2, 0.25) is 0 Å². The molecule has 0 amide bonds. The van der Waals surface area contributed by atoms with E-state index in [-0.39, 0.29) is 10.8 Å². The average Bonchev–Trinajstić information content (AvgIpc) is 3.29. The van der Waals surface area contributed by atoms with Crippen molar-refractivity contribution in [3.05, 3.63) is 126 Å². The Morgan fingerprint density at radius 1 is 0.500 bits per heavy atom. The molecule has 7 rings (SSSR count). The van der Waals surface area contributed by atoms with Crippen LogP contribution in [0.4, 0.5) is 0 Å². The second-order valence-electron chi connectivity index (χ2n) is 11.2. The number of nitrogens with zero attached hydrogens (tertiary/aromatic N) is 1. The van der Waals surface area contributed by atoms with Gasteiger partial charge in [0.15, 0.2) is 0 Å². The van der Waals surface area contributed by atoms with Crippen molar-refractivity contribution in [1.29, 1.82) is 0 Å². The predicted octanol–water partition coefficient (Wildman–Crippen LogP) is 9.03. The number of hydrogen-bond acceptors (Lipinski definition) is 1. The van der Waals surface area contributed by atoms with Gasteiger partial charge in [-0.25, -0.2) is 0 Å². The highest BCUT2D eigenvalue weighted by Crippen LogP contribution is 2.61. The van der Waals surface area contributed by atoms with Gasteiger partial charge in [0.1, 0.15) is 0 Å². The lowest BCUT2D eigenvalue weighted by atomic mass is 9.75. The molecule has 0 bridgehead atoms. The molecular weight excluding hydrogens is 434 g/mol. The van der Waals surface area contributed by atoms with Gasteiger partial charge in [-0.15, -0.1) is 0 Å². The lowest BCUT2D eigenvalue weighted by Gasteiger charge is -2.28. The van der Waals surface area contributed by atoms with E-state index >= 15 is 0 Å². The van der Waals surface area contributed by atoms with Crippen LogP contribution in [0, 0.1) is 0 Å². The zero-order valence-electron chi connectivity index (χ0n) is 21.3. The summed E-state index contributed by atoms with van der Waals surface area (Å²) >= 11 is 0. The molecule has 0 fully saturated rings.